The fourth-order valence-electron chi connectivity index (χ4n) is 2.24. The zero-order chi connectivity index (χ0) is 9.80. The van der Waals surface area contributed by atoms with E-state index in [1.165, 1.54) is 25.3 Å². The van der Waals surface area contributed by atoms with Crippen LogP contribution in [-0.2, 0) is 4.74 Å². The van der Waals surface area contributed by atoms with Gasteiger partial charge in [0.1, 0.15) is 0 Å². The van der Waals surface area contributed by atoms with Crippen molar-refractivity contribution in [3.8, 4) is 0 Å². The normalized spacial score (nSPS) is 30.2. The number of hydrogen-bond donors (Lipinski definition) is 0. The molecule has 1 heterocycles. The van der Waals surface area contributed by atoms with Gasteiger partial charge in [-0.2, -0.15) is 0 Å². The van der Waals surface area contributed by atoms with Crippen molar-refractivity contribution in [2.24, 2.45) is 0 Å². The van der Waals surface area contributed by atoms with E-state index in [9.17, 15) is 0 Å². The maximum Gasteiger partial charge on any atom is 0.0618 e. The van der Waals surface area contributed by atoms with Crippen LogP contribution in [0.1, 0.15) is 12.8 Å². The number of nitrogens with zero attached hydrogens (tertiary/aromatic N) is 1. The maximum atomic E-state index is 5.23. The van der Waals surface area contributed by atoms with Crippen LogP contribution in [0.5, 0.6) is 0 Å². The first kappa shape index (κ1) is 10.4. The molecular weight excluding hydrogens is 174 g/mol. The Labute approximate surface area is 87.6 Å². The second-order valence-corrected chi connectivity index (χ2v) is 4.02. The molecule has 14 heavy (non-hydrogen) atoms. The van der Waals surface area contributed by atoms with Gasteiger partial charge in [-0.1, -0.05) is 0 Å². The largest absolute Gasteiger partial charge is 0.383 e. The Balaban J connectivity index is 1.77. The number of rotatable bonds is 4. The lowest BCUT2D eigenvalue weighted by Crippen LogP contribution is -2.35. The third-order valence-electron chi connectivity index (χ3n) is 2.98. The van der Waals surface area contributed by atoms with Gasteiger partial charge in [-0.05, 0) is 51.0 Å². The lowest BCUT2D eigenvalue weighted by molar-refractivity contribution is 0.119. The van der Waals surface area contributed by atoms with Crippen LogP contribution in [0.15, 0.2) is 0 Å². The fourth-order valence-corrected chi connectivity index (χ4v) is 2.24. The molecule has 0 N–H and O–H groups in total. The van der Waals surface area contributed by atoms with Crippen molar-refractivity contribution in [3.63, 3.8) is 0 Å². The molecule has 2 aliphatic rings. The number of ether oxygens (including phenoxy) is 1. The predicted octanol–water partition coefficient (Wildman–Crippen LogP) is 1.50. The molecule has 2 heteroatoms. The molecule has 1 aliphatic carbocycles. The van der Waals surface area contributed by atoms with Crippen molar-refractivity contribution < 1.29 is 4.74 Å². The zero-order valence-corrected chi connectivity index (χ0v) is 8.78. The van der Waals surface area contributed by atoms with Gasteiger partial charge in [0.2, 0.25) is 0 Å². The molecule has 0 spiro atoms. The quantitative estimate of drug-likeness (QED) is 0.669. The average molecular weight is 192 g/mol. The van der Waals surface area contributed by atoms with Gasteiger partial charge in [-0.15, -0.1) is 0 Å². The third-order valence-corrected chi connectivity index (χ3v) is 2.98. The molecule has 2 nitrogen and oxygen atoms in total. The SMILES string of the molecule is COC[C@H]1CCCN1C[C]1[CH][CH][CH][CH]1. The first-order chi connectivity index (χ1) is 6.90. The summed E-state index contributed by atoms with van der Waals surface area (Å²) in [6, 6.07) is 0.634. The molecular formula is C12H18NO. The van der Waals surface area contributed by atoms with E-state index in [0.717, 1.165) is 13.2 Å². The molecule has 0 bridgehead atoms. The summed E-state index contributed by atoms with van der Waals surface area (Å²) in [7, 11) is 1.79. The van der Waals surface area contributed by atoms with E-state index in [1.54, 1.807) is 7.11 Å². The summed E-state index contributed by atoms with van der Waals surface area (Å²) in [6.45, 7) is 3.18. The van der Waals surface area contributed by atoms with Gasteiger partial charge in [0.25, 0.3) is 0 Å². The van der Waals surface area contributed by atoms with E-state index in [0.29, 0.717) is 6.04 Å². The van der Waals surface area contributed by atoms with Crippen LogP contribution in [0.25, 0.3) is 0 Å². The molecule has 2 rings (SSSR count). The van der Waals surface area contributed by atoms with Crippen molar-refractivity contribution in [1.29, 1.82) is 0 Å². The summed E-state index contributed by atoms with van der Waals surface area (Å²) in [6.07, 6.45) is 11.2. The highest BCUT2D eigenvalue weighted by atomic mass is 16.5. The van der Waals surface area contributed by atoms with Crippen LogP contribution in [0.2, 0.25) is 0 Å². The molecule has 77 valence electrons. The third kappa shape index (κ3) is 2.48. The van der Waals surface area contributed by atoms with Crippen molar-refractivity contribution in [2.75, 3.05) is 26.8 Å². The maximum absolute atomic E-state index is 5.23. The van der Waals surface area contributed by atoms with Crippen molar-refractivity contribution >= 4 is 0 Å². The topological polar surface area (TPSA) is 12.5 Å². The molecule has 2 fully saturated rings. The highest BCUT2D eigenvalue weighted by Gasteiger charge is 2.28. The van der Waals surface area contributed by atoms with Crippen LogP contribution in [0.3, 0.4) is 0 Å². The van der Waals surface area contributed by atoms with Crippen LogP contribution in [0.4, 0.5) is 0 Å². The Morgan fingerprint density at radius 3 is 2.93 bits per heavy atom. The second-order valence-electron chi connectivity index (χ2n) is 4.02. The van der Waals surface area contributed by atoms with E-state index in [4.69, 9.17) is 4.74 Å². The monoisotopic (exact) mass is 192 g/mol. The van der Waals surface area contributed by atoms with Crippen LogP contribution >= 0.6 is 0 Å². The summed E-state index contributed by atoms with van der Waals surface area (Å²) in [5.41, 5.74) is 0. The van der Waals surface area contributed by atoms with Crippen molar-refractivity contribution in [1.82, 2.24) is 4.90 Å². The fraction of sp³-hybridized carbons (Fsp3) is 0.583. The van der Waals surface area contributed by atoms with Crippen LogP contribution in [-0.4, -0.2) is 37.7 Å². The van der Waals surface area contributed by atoms with Crippen molar-refractivity contribution in [2.45, 2.75) is 18.9 Å². The summed E-state index contributed by atoms with van der Waals surface area (Å²) in [5, 5.41) is 0. The summed E-state index contributed by atoms with van der Waals surface area (Å²) in [4.78, 5) is 2.53. The minimum Gasteiger partial charge on any atom is -0.383 e. The number of hydrogen-bond acceptors (Lipinski definition) is 2. The van der Waals surface area contributed by atoms with Gasteiger partial charge in [-0.3, -0.25) is 4.90 Å². The van der Waals surface area contributed by atoms with Crippen molar-refractivity contribution in [3.05, 3.63) is 31.6 Å². The molecule has 1 saturated carbocycles. The number of methoxy groups -OCH3 is 1. The second kappa shape index (κ2) is 5.13. The molecule has 5 radical (unpaired) electrons. The first-order valence-electron chi connectivity index (χ1n) is 5.33. The van der Waals surface area contributed by atoms with Crippen LogP contribution in [0, 0.1) is 31.6 Å². The molecule has 0 aromatic heterocycles. The smallest absolute Gasteiger partial charge is 0.0618 e. The summed E-state index contributed by atoms with van der Waals surface area (Å²) in [5.74, 6) is 1.42. The minimum atomic E-state index is 0.634. The van der Waals surface area contributed by atoms with Gasteiger partial charge >= 0.3 is 0 Å². The van der Waals surface area contributed by atoms with Gasteiger partial charge in [-0.25, -0.2) is 0 Å². The zero-order valence-electron chi connectivity index (χ0n) is 8.78. The Bertz CT molecular complexity index is 166. The Morgan fingerprint density at radius 2 is 2.21 bits per heavy atom. The lowest BCUT2D eigenvalue weighted by atomic mass is 10.1. The standard InChI is InChI=1S/C12H18NO/c1-14-10-12-7-4-8-13(12)9-11-5-2-3-6-11/h2-3,5-6,12H,4,7-10H2,1H3/t12-/m1/s1. The molecule has 0 amide bonds. The Hall–Kier alpha value is -0.0800. The summed E-state index contributed by atoms with van der Waals surface area (Å²) >= 11 is 0. The average Bonchev–Trinajstić information content (AvgIpc) is 2.80. The van der Waals surface area contributed by atoms with Gasteiger partial charge in [0.05, 0.1) is 6.61 Å². The highest BCUT2D eigenvalue weighted by molar-refractivity contribution is 5.36. The highest BCUT2D eigenvalue weighted by Crippen LogP contribution is 2.27. The van der Waals surface area contributed by atoms with E-state index in [2.05, 4.69) is 30.6 Å². The first-order valence-corrected chi connectivity index (χ1v) is 5.33. The minimum absolute atomic E-state index is 0.634. The van der Waals surface area contributed by atoms with Crippen LogP contribution < -0.4 is 0 Å². The number of likely N-dealkylation sites (tertiary alicyclic amines) is 1. The van der Waals surface area contributed by atoms with Gasteiger partial charge < -0.3 is 4.74 Å². The van der Waals surface area contributed by atoms with E-state index >= 15 is 0 Å². The lowest BCUT2D eigenvalue weighted by Gasteiger charge is -2.26. The predicted molar refractivity (Wildman–Crippen MR) is 56.9 cm³/mol. The van der Waals surface area contributed by atoms with E-state index in [1.807, 2.05) is 0 Å². The molecule has 0 aromatic rings. The Morgan fingerprint density at radius 1 is 1.43 bits per heavy atom. The molecule has 1 atom stereocenters. The molecule has 0 aromatic carbocycles. The Kier molecular flexibility index (Phi) is 3.82. The van der Waals surface area contributed by atoms with E-state index < -0.39 is 0 Å². The van der Waals surface area contributed by atoms with Gasteiger partial charge in [0.15, 0.2) is 0 Å². The molecule has 1 aliphatic heterocycles. The van der Waals surface area contributed by atoms with Gasteiger partial charge in [0, 0.05) is 19.7 Å². The molecule has 0 unspecified atom stereocenters. The molecule has 1 saturated heterocycles. The summed E-state index contributed by atoms with van der Waals surface area (Å²) < 4.78 is 5.23. The van der Waals surface area contributed by atoms with E-state index in [-0.39, 0.29) is 0 Å².